The van der Waals surface area contributed by atoms with Gasteiger partial charge in [-0.3, -0.25) is 9.59 Å². The lowest BCUT2D eigenvalue weighted by Crippen LogP contribution is -2.47. The van der Waals surface area contributed by atoms with Crippen LogP contribution in [0.5, 0.6) is 0 Å². The van der Waals surface area contributed by atoms with E-state index in [9.17, 15) is 14.4 Å². The highest BCUT2D eigenvalue weighted by Crippen LogP contribution is 2.34. The highest BCUT2D eigenvalue weighted by atomic mass is 16.5. The molecule has 4 heteroatoms. The summed E-state index contributed by atoms with van der Waals surface area (Å²) in [5.74, 6) is -1.06. The van der Waals surface area contributed by atoms with Gasteiger partial charge in [-0.15, -0.1) is 0 Å². The Labute approximate surface area is 144 Å². The molecule has 0 aliphatic heterocycles. The smallest absolute Gasteiger partial charge is 0.319 e. The Morgan fingerprint density at radius 2 is 1.50 bits per heavy atom. The van der Waals surface area contributed by atoms with E-state index in [0.29, 0.717) is 6.29 Å². The summed E-state index contributed by atoms with van der Waals surface area (Å²) in [5.41, 5.74) is -0.590. The largest absolute Gasteiger partial charge is 0.468 e. The second-order valence-corrected chi connectivity index (χ2v) is 8.12. The average molecular weight is 332 g/mol. The molecule has 24 heavy (non-hydrogen) atoms. The fourth-order valence-electron chi connectivity index (χ4n) is 2.77. The van der Waals surface area contributed by atoms with Gasteiger partial charge in [-0.2, -0.15) is 0 Å². The topological polar surface area (TPSA) is 60.4 Å². The Morgan fingerprint density at radius 1 is 1.00 bits per heavy atom. The van der Waals surface area contributed by atoms with Crippen LogP contribution in [0.3, 0.4) is 0 Å². The molecule has 1 unspecified atom stereocenters. The third-order valence-electron chi connectivity index (χ3n) is 4.39. The minimum Gasteiger partial charge on any atom is -0.468 e. The van der Waals surface area contributed by atoms with Crippen molar-refractivity contribution >= 4 is 18.0 Å². The van der Waals surface area contributed by atoms with Crippen LogP contribution in [-0.2, 0) is 31.0 Å². The molecule has 132 valence electrons. The molecule has 0 spiro atoms. The van der Waals surface area contributed by atoms with Crippen molar-refractivity contribution in [1.82, 2.24) is 0 Å². The summed E-state index contributed by atoms with van der Waals surface area (Å²) >= 11 is 0. The van der Waals surface area contributed by atoms with Crippen molar-refractivity contribution in [2.24, 2.45) is 10.8 Å². The molecule has 0 saturated heterocycles. The number of benzene rings is 1. The summed E-state index contributed by atoms with van der Waals surface area (Å²) < 4.78 is 4.85. The SMILES string of the molecule is COC(=O)C(C)(Cc1ccc(C(C)(C)C)cc1)C(=O)C(C)(C)C=O. The van der Waals surface area contributed by atoms with Crippen LogP contribution in [0.25, 0.3) is 0 Å². The number of aldehydes is 1. The summed E-state index contributed by atoms with van der Waals surface area (Å²) in [6.07, 6.45) is 0.777. The number of ether oxygens (including phenoxy) is 1. The first-order valence-electron chi connectivity index (χ1n) is 8.07. The maximum Gasteiger partial charge on any atom is 0.319 e. The fourth-order valence-corrected chi connectivity index (χ4v) is 2.77. The normalized spacial score (nSPS) is 14.6. The minimum absolute atomic E-state index is 0.0273. The lowest BCUT2D eigenvalue weighted by atomic mass is 9.70. The summed E-state index contributed by atoms with van der Waals surface area (Å²) in [4.78, 5) is 36.4. The number of esters is 1. The van der Waals surface area contributed by atoms with Gasteiger partial charge in [0.15, 0.2) is 5.78 Å². The van der Waals surface area contributed by atoms with E-state index in [1.165, 1.54) is 26.5 Å². The van der Waals surface area contributed by atoms with Crippen LogP contribution < -0.4 is 0 Å². The zero-order chi connectivity index (χ0) is 18.8. The molecular formula is C20H28O4. The molecule has 4 nitrogen and oxygen atoms in total. The first-order valence-corrected chi connectivity index (χ1v) is 8.07. The van der Waals surface area contributed by atoms with Gasteiger partial charge < -0.3 is 9.53 Å². The predicted octanol–water partition coefficient (Wildman–Crippen LogP) is 3.50. The van der Waals surface area contributed by atoms with Gasteiger partial charge in [0, 0.05) is 0 Å². The maximum absolute atomic E-state index is 12.8. The van der Waals surface area contributed by atoms with Crippen LogP contribution in [0.2, 0.25) is 0 Å². The molecule has 0 aromatic heterocycles. The van der Waals surface area contributed by atoms with E-state index < -0.39 is 22.6 Å². The van der Waals surface area contributed by atoms with Crippen molar-refractivity contribution in [3.05, 3.63) is 35.4 Å². The molecule has 1 atom stereocenters. The van der Waals surface area contributed by atoms with Crippen LogP contribution in [0, 0.1) is 10.8 Å². The van der Waals surface area contributed by atoms with Crippen molar-refractivity contribution in [2.75, 3.05) is 7.11 Å². The maximum atomic E-state index is 12.8. The van der Waals surface area contributed by atoms with Crippen molar-refractivity contribution < 1.29 is 19.1 Å². The number of hydrogen-bond donors (Lipinski definition) is 0. The van der Waals surface area contributed by atoms with Crippen LogP contribution in [0.1, 0.15) is 52.7 Å². The summed E-state index contributed by atoms with van der Waals surface area (Å²) in [6.45, 7) is 11.0. The molecule has 0 heterocycles. The number of rotatable bonds is 6. The average Bonchev–Trinajstić information content (AvgIpc) is 2.52. The molecule has 0 aliphatic rings. The van der Waals surface area contributed by atoms with Crippen molar-refractivity contribution in [3.63, 3.8) is 0 Å². The third kappa shape index (κ3) is 4.11. The lowest BCUT2D eigenvalue weighted by molar-refractivity contribution is -0.160. The van der Waals surface area contributed by atoms with Gasteiger partial charge in [-0.05, 0) is 43.7 Å². The van der Waals surface area contributed by atoms with Gasteiger partial charge in [0.25, 0.3) is 0 Å². The number of ketones is 1. The van der Waals surface area contributed by atoms with Gasteiger partial charge in [-0.1, -0.05) is 45.0 Å². The zero-order valence-electron chi connectivity index (χ0n) is 15.7. The van der Waals surface area contributed by atoms with E-state index in [4.69, 9.17) is 4.74 Å². The number of Topliss-reactive ketones (excluding diaryl/α,β-unsaturated/α-hetero) is 1. The zero-order valence-corrected chi connectivity index (χ0v) is 15.7. The second-order valence-electron chi connectivity index (χ2n) is 8.12. The van der Waals surface area contributed by atoms with E-state index in [1.54, 1.807) is 6.92 Å². The van der Waals surface area contributed by atoms with E-state index in [2.05, 4.69) is 20.8 Å². The number of carbonyl (C=O) groups is 3. The van der Waals surface area contributed by atoms with E-state index in [-0.39, 0.29) is 11.8 Å². The quantitative estimate of drug-likeness (QED) is 0.454. The molecule has 0 amide bonds. The Balaban J connectivity index is 3.22. The Kier molecular flexibility index (Phi) is 5.75. The van der Waals surface area contributed by atoms with Crippen LogP contribution >= 0.6 is 0 Å². The summed E-state index contributed by atoms with van der Waals surface area (Å²) in [6, 6.07) is 7.84. The molecule has 0 fully saturated rings. The number of hydrogen-bond acceptors (Lipinski definition) is 4. The lowest BCUT2D eigenvalue weighted by Gasteiger charge is -2.31. The number of carbonyl (C=O) groups excluding carboxylic acids is 3. The number of methoxy groups -OCH3 is 1. The highest BCUT2D eigenvalue weighted by molar-refractivity contribution is 6.11. The highest BCUT2D eigenvalue weighted by Gasteiger charge is 2.48. The monoisotopic (exact) mass is 332 g/mol. The predicted molar refractivity (Wildman–Crippen MR) is 93.8 cm³/mol. The van der Waals surface area contributed by atoms with Crippen molar-refractivity contribution in [2.45, 2.75) is 53.4 Å². The second kappa shape index (κ2) is 6.88. The molecular weight excluding hydrogens is 304 g/mol. The minimum atomic E-state index is -1.40. The van der Waals surface area contributed by atoms with Gasteiger partial charge >= 0.3 is 5.97 Å². The molecule has 1 rings (SSSR count). The van der Waals surface area contributed by atoms with Crippen LogP contribution in [0.15, 0.2) is 24.3 Å². The Bertz CT molecular complexity index is 620. The third-order valence-corrected chi connectivity index (χ3v) is 4.39. The van der Waals surface area contributed by atoms with E-state index >= 15 is 0 Å². The van der Waals surface area contributed by atoms with Gasteiger partial charge in [0.1, 0.15) is 11.7 Å². The molecule has 0 radical (unpaired) electrons. The summed E-state index contributed by atoms with van der Waals surface area (Å²) in [7, 11) is 1.25. The fraction of sp³-hybridized carbons (Fsp3) is 0.550. The van der Waals surface area contributed by atoms with E-state index in [0.717, 1.165) is 5.56 Å². The van der Waals surface area contributed by atoms with Crippen LogP contribution in [-0.4, -0.2) is 25.1 Å². The van der Waals surface area contributed by atoms with Gasteiger partial charge in [-0.25, -0.2) is 0 Å². The molecule has 1 aromatic rings. The van der Waals surface area contributed by atoms with Crippen molar-refractivity contribution in [3.8, 4) is 0 Å². The van der Waals surface area contributed by atoms with Crippen LogP contribution in [0.4, 0.5) is 0 Å². The van der Waals surface area contributed by atoms with Crippen molar-refractivity contribution in [1.29, 1.82) is 0 Å². The molecule has 0 N–H and O–H groups in total. The molecule has 0 saturated carbocycles. The van der Waals surface area contributed by atoms with Gasteiger partial charge in [0.05, 0.1) is 12.5 Å². The van der Waals surface area contributed by atoms with Gasteiger partial charge in [0.2, 0.25) is 0 Å². The molecule has 0 aliphatic carbocycles. The molecule has 0 bridgehead atoms. The first kappa shape index (κ1) is 20.1. The Morgan fingerprint density at radius 3 is 1.88 bits per heavy atom. The van der Waals surface area contributed by atoms with E-state index in [1.807, 2.05) is 24.3 Å². The summed E-state index contributed by atoms with van der Waals surface area (Å²) in [5, 5.41) is 0. The first-order chi connectivity index (χ1) is 10.9. The Hall–Kier alpha value is -1.97. The standard InChI is InChI=1S/C20H28O4/c1-18(2,3)15-10-8-14(9-11-15)12-20(6,17(23)24-7)16(22)19(4,5)13-21/h8-11,13H,12H2,1-7H3. The molecule has 1 aromatic carbocycles.